The van der Waals surface area contributed by atoms with Crippen LogP contribution in [0.4, 0.5) is 0 Å². The van der Waals surface area contributed by atoms with Gasteiger partial charge in [-0.05, 0) is 42.7 Å². The van der Waals surface area contributed by atoms with Gasteiger partial charge >= 0.3 is 0 Å². The second-order valence-corrected chi connectivity index (χ2v) is 6.50. The van der Waals surface area contributed by atoms with Crippen LogP contribution in [0, 0.1) is 0 Å². The molecule has 3 heteroatoms. The molecule has 0 saturated heterocycles. The van der Waals surface area contributed by atoms with Crippen molar-refractivity contribution in [2.24, 2.45) is 0 Å². The van der Waals surface area contributed by atoms with E-state index in [1.54, 1.807) is 0 Å². The summed E-state index contributed by atoms with van der Waals surface area (Å²) in [4.78, 5) is 0. The normalized spacial score (nSPS) is 11.8. The van der Waals surface area contributed by atoms with E-state index in [0.29, 0.717) is 13.2 Å². The number of ether oxygens (including phenoxy) is 2. The molecule has 0 aliphatic carbocycles. The average Bonchev–Trinajstić information content (AvgIpc) is 2.73. The number of benzene rings is 3. The van der Waals surface area contributed by atoms with E-state index in [2.05, 4.69) is 60.8 Å². The SMILES string of the molecule is CCOc1cc(CN[C@H](C)c2ccccc2)ccc1OCc1ccccc1. The zero-order valence-corrected chi connectivity index (χ0v) is 16.0. The van der Waals surface area contributed by atoms with Crippen LogP contribution >= 0.6 is 0 Å². The minimum Gasteiger partial charge on any atom is -0.490 e. The molecule has 0 aliphatic heterocycles. The van der Waals surface area contributed by atoms with Crippen molar-refractivity contribution >= 4 is 0 Å². The minimum absolute atomic E-state index is 0.288. The fourth-order valence-corrected chi connectivity index (χ4v) is 2.92. The Morgan fingerprint density at radius 1 is 0.778 bits per heavy atom. The summed E-state index contributed by atoms with van der Waals surface area (Å²) in [6.07, 6.45) is 0. The van der Waals surface area contributed by atoms with Crippen molar-refractivity contribution in [1.29, 1.82) is 0 Å². The maximum Gasteiger partial charge on any atom is 0.161 e. The highest BCUT2D eigenvalue weighted by Crippen LogP contribution is 2.29. The van der Waals surface area contributed by atoms with E-state index in [-0.39, 0.29) is 6.04 Å². The summed E-state index contributed by atoms with van der Waals surface area (Å²) < 4.78 is 11.8. The standard InChI is InChI=1S/C24H27NO2/c1-3-26-24-16-21(17-25-19(2)22-12-8-5-9-13-22)14-15-23(24)27-18-20-10-6-4-7-11-20/h4-16,19,25H,3,17-18H2,1-2H3/t19-/m1/s1. The van der Waals surface area contributed by atoms with Crippen LogP contribution in [0.2, 0.25) is 0 Å². The maximum atomic E-state index is 5.98. The lowest BCUT2D eigenvalue weighted by molar-refractivity contribution is 0.269. The van der Waals surface area contributed by atoms with Gasteiger partial charge in [-0.1, -0.05) is 66.7 Å². The molecule has 0 heterocycles. The van der Waals surface area contributed by atoms with Crippen molar-refractivity contribution in [3.05, 3.63) is 95.6 Å². The molecular formula is C24H27NO2. The van der Waals surface area contributed by atoms with Gasteiger partial charge in [0.1, 0.15) is 6.61 Å². The van der Waals surface area contributed by atoms with Crippen molar-refractivity contribution < 1.29 is 9.47 Å². The van der Waals surface area contributed by atoms with E-state index in [9.17, 15) is 0 Å². The Balaban J connectivity index is 1.64. The molecule has 0 spiro atoms. The molecule has 3 rings (SSSR count). The summed E-state index contributed by atoms with van der Waals surface area (Å²) >= 11 is 0. The molecule has 140 valence electrons. The van der Waals surface area contributed by atoms with E-state index in [0.717, 1.165) is 23.6 Å². The Labute approximate surface area is 162 Å². The van der Waals surface area contributed by atoms with Crippen molar-refractivity contribution in [1.82, 2.24) is 5.32 Å². The fourth-order valence-electron chi connectivity index (χ4n) is 2.92. The van der Waals surface area contributed by atoms with Gasteiger partial charge in [0.05, 0.1) is 6.61 Å². The molecule has 0 radical (unpaired) electrons. The molecule has 0 aliphatic rings. The molecule has 0 unspecified atom stereocenters. The second kappa shape index (κ2) is 9.79. The minimum atomic E-state index is 0.288. The third kappa shape index (κ3) is 5.60. The van der Waals surface area contributed by atoms with Gasteiger partial charge in [0.15, 0.2) is 11.5 Å². The van der Waals surface area contributed by atoms with Crippen molar-refractivity contribution in [3.8, 4) is 11.5 Å². The number of rotatable bonds is 9. The molecule has 27 heavy (non-hydrogen) atoms. The van der Waals surface area contributed by atoms with Crippen molar-refractivity contribution in [2.45, 2.75) is 33.0 Å². The summed E-state index contributed by atoms with van der Waals surface area (Å²) in [6, 6.07) is 27.1. The fraction of sp³-hybridized carbons (Fsp3) is 0.250. The molecule has 3 nitrogen and oxygen atoms in total. The quantitative estimate of drug-likeness (QED) is 0.545. The van der Waals surface area contributed by atoms with E-state index in [4.69, 9.17) is 9.47 Å². The van der Waals surface area contributed by atoms with Crippen LogP contribution in [0.15, 0.2) is 78.9 Å². The van der Waals surface area contributed by atoms with Crippen LogP contribution in [-0.4, -0.2) is 6.61 Å². The number of hydrogen-bond donors (Lipinski definition) is 1. The predicted octanol–water partition coefficient (Wildman–Crippen LogP) is 5.52. The largest absolute Gasteiger partial charge is 0.490 e. The lowest BCUT2D eigenvalue weighted by Gasteiger charge is -2.16. The molecule has 0 aromatic heterocycles. The topological polar surface area (TPSA) is 30.5 Å². The smallest absolute Gasteiger partial charge is 0.161 e. The molecule has 1 N–H and O–H groups in total. The van der Waals surface area contributed by atoms with Gasteiger partial charge in [-0.3, -0.25) is 0 Å². The number of nitrogens with one attached hydrogen (secondary N) is 1. The average molecular weight is 361 g/mol. The first kappa shape index (κ1) is 19.0. The predicted molar refractivity (Wildman–Crippen MR) is 110 cm³/mol. The highest BCUT2D eigenvalue weighted by atomic mass is 16.5. The summed E-state index contributed by atoms with van der Waals surface area (Å²) in [5.41, 5.74) is 3.60. The van der Waals surface area contributed by atoms with Gasteiger partial charge in [0.25, 0.3) is 0 Å². The number of hydrogen-bond acceptors (Lipinski definition) is 3. The maximum absolute atomic E-state index is 5.98. The summed E-state index contributed by atoms with van der Waals surface area (Å²) in [5.74, 6) is 1.57. The first-order valence-corrected chi connectivity index (χ1v) is 9.47. The lowest BCUT2D eigenvalue weighted by Crippen LogP contribution is -2.18. The molecule has 1 atom stereocenters. The second-order valence-electron chi connectivity index (χ2n) is 6.50. The van der Waals surface area contributed by atoms with E-state index in [1.165, 1.54) is 11.1 Å². The Hall–Kier alpha value is -2.78. The molecule has 3 aromatic carbocycles. The van der Waals surface area contributed by atoms with Crippen LogP contribution in [0.5, 0.6) is 11.5 Å². The van der Waals surface area contributed by atoms with Gasteiger partial charge in [0, 0.05) is 12.6 Å². The molecule has 3 aromatic rings. The van der Waals surface area contributed by atoms with Crippen LogP contribution in [0.1, 0.15) is 36.6 Å². The van der Waals surface area contributed by atoms with Crippen LogP contribution in [-0.2, 0) is 13.2 Å². The highest BCUT2D eigenvalue weighted by Gasteiger charge is 2.09. The monoisotopic (exact) mass is 361 g/mol. The van der Waals surface area contributed by atoms with E-state index in [1.807, 2.05) is 37.3 Å². The lowest BCUT2D eigenvalue weighted by atomic mass is 10.1. The zero-order chi connectivity index (χ0) is 18.9. The summed E-state index contributed by atoms with van der Waals surface area (Å²) in [6.45, 7) is 6.08. The highest BCUT2D eigenvalue weighted by molar-refractivity contribution is 5.43. The van der Waals surface area contributed by atoms with Gasteiger partial charge in [-0.15, -0.1) is 0 Å². The van der Waals surface area contributed by atoms with Crippen LogP contribution in [0.25, 0.3) is 0 Å². The molecule has 0 saturated carbocycles. The Morgan fingerprint density at radius 3 is 2.19 bits per heavy atom. The zero-order valence-electron chi connectivity index (χ0n) is 16.0. The van der Waals surface area contributed by atoms with Crippen LogP contribution in [0.3, 0.4) is 0 Å². The van der Waals surface area contributed by atoms with Gasteiger partial charge in [-0.25, -0.2) is 0 Å². The van der Waals surface area contributed by atoms with Gasteiger partial charge < -0.3 is 14.8 Å². The Morgan fingerprint density at radius 2 is 1.48 bits per heavy atom. The third-order valence-corrected chi connectivity index (χ3v) is 4.46. The van der Waals surface area contributed by atoms with E-state index >= 15 is 0 Å². The molecule has 0 bridgehead atoms. The van der Waals surface area contributed by atoms with Gasteiger partial charge in [-0.2, -0.15) is 0 Å². The first-order valence-electron chi connectivity index (χ1n) is 9.47. The Bertz CT molecular complexity index is 818. The molecule has 0 amide bonds. The van der Waals surface area contributed by atoms with E-state index < -0.39 is 0 Å². The Kier molecular flexibility index (Phi) is 6.89. The van der Waals surface area contributed by atoms with Crippen molar-refractivity contribution in [2.75, 3.05) is 6.61 Å². The summed E-state index contributed by atoms with van der Waals surface area (Å²) in [7, 11) is 0. The van der Waals surface area contributed by atoms with Crippen molar-refractivity contribution in [3.63, 3.8) is 0 Å². The third-order valence-electron chi connectivity index (χ3n) is 4.46. The molecular weight excluding hydrogens is 334 g/mol. The van der Waals surface area contributed by atoms with Gasteiger partial charge in [0.2, 0.25) is 0 Å². The first-order chi connectivity index (χ1) is 13.3. The van der Waals surface area contributed by atoms with Crippen LogP contribution < -0.4 is 14.8 Å². The molecule has 0 fully saturated rings. The summed E-state index contributed by atoms with van der Waals surface area (Å²) in [5, 5.41) is 3.57.